The molecule has 0 saturated heterocycles. The Labute approximate surface area is 103 Å². The molecule has 0 saturated carbocycles. The smallest absolute Gasteiger partial charge is 0.130 e. The number of hydrogen-bond donors (Lipinski definition) is 1. The summed E-state index contributed by atoms with van der Waals surface area (Å²) >= 11 is 3.25. The maximum atomic E-state index is 9.52. The van der Waals surface area contributed by atoms with Crippen molar-refractivity contribution in [2.45, 2.75) is 0 Å². The summed E-state index contributed by atoms with van der Waals surface area (Å²) in [4.78, 5) is 0. The van der Waals surface area contributed by atoms with Gasteiger partial charge in [-0.1, -0.05) is 48.6 Å². The van der Waals surface area contributed by atoms with Gasteiger partial charge in [0.1, 0.15) is 5.75 Å². The van der Waals surface area contributed by atoms with Crippen molar-refractivity contribution < 1.29 is 5.11 Å². The lowest BCUT2D eigenvalue weighted by molar-refractivity contribution is 0.472. The van der Waals surface area contributed by atoms with E-state index in [9.17, 15) is 5.11 Å². The predicted molar refractivity (Wildman–Crippen MR) is 71.2 cm³/mol. The monoisotopic (exact) mass is 274 g/mol. The van der Waals surface area contributed by atoms with Crippen LogP contribution in [0.15, 0.2) is 53.0 Å². The van der Waals surface area contributed by atoms with E-state index in [-0.39, 0.29) is 5.75 Å². The molecule has 16 heavy (non-hydrogen) atoms. The Bertz CT molecular complexity index is 503. The SMILES string of the molecule is Oc1cc(C=Cc2ccccc2)ccc1Br. The third-order valence-electron chi connectivity index (χ3n) is 2.24. The van der Waals surface area contributed by atoms with Gasteiger partial charge in [0.15, 0.2) is 0 Å². The molecule has 2 aromatic carbocycles. The first kappa shape index (κ1) is 11.0. The van der Waals surface area contributed by atoms with E-state index in [0.717, 1.165) is 11.1 Å². The highest BCUT2D eigenvalue weighted by Gasteiger charge is 1.96. The lowest BCUT2D eigenvalue weighted by atomic mass is 10.1. The zero-order valence-corrected chi connectivity index (χ0v) is 10.2. The Morgan fingerprint density at radius 1 is 0.875 bits per heavy atom. The third-order valence-corrected chi connectivity index (χ3v) is 2.91. The van der Waals surface area contributed by atoms with E-state index in [1.807, 2.05) is 54.6 Å². The molecule has 0 aliphatic heterocycles. The van der Waals surface area contributed by atoms with Gasteiger partial charge in [-0.05, 0) is 39.2 Å². The molecule has 2 heteroatoms. The molecule has 0 aliphatic rings. The Morgan fingerprint density at radius 3 is 2.25 bits per heavy atom. The van der Waals surface area contributed by atoms with E-state index in [1.54, 1.807) is 6.07 Å². The number of phenols is 1. The van der Waals surface area contributed by atoms with Crippen LogP contribution in [-0.4, -0.2) is 5.11 Å². The van der Waals surface area contributed by atoms with Crippen LogP contribution >= 0.6 is 15.9 Å². The molecule has 0 aliphatic carbocycles. The number of halogens is 1. The summed E-state index contributed by atoms with van der Waals surface area (Å²) < 4.78 is 0.712. The van der Waals surface area contributed by atoms with Gasteiger partial charge in [0.2, 0.25) is 0 Å². The molecule has 2 aromatic rings. The first-order chi connectivity index (χ1) is 7.75. The minimum Gasteiger partial charge on any atom is -0.507 e. The van der Waals surface area contributed by atoms with Crippen LogP contribution in [0.3, 0.4) is 0 Å². The van der Waals surface area contributed by atoms with E-state index in [1.165, 1.54) is 0 Å². The number of benzene rings is 2. The molecule has 2 rings (SSSR count). The second kappa shape index (κ2) is 4.99. The van der Waals surface area contributed by atoms with E-state index in [0.29, 0.717) is 4.47 Å². The van der Waals surface area contributed by atoms with Gasteiger partial charge in [-0.3, -0.25) is 0 Å². The number of phenolic OH excluding ortho intramolecular Hbond substituents is 1. The topological polar surface area (TPSA) is 20.2 Å². The largest absolute Gasteiger partial charge is 0.507 e. The van der Waals surface area contributed by atoms with Crippen LogP contribution in [-0.2, 0) is 0 Å². The maximum absolute atomic E-state index is 9.52. The summed E-state index contributed by atoms with van der Waals surface area (Å²) in [6.45, 7) is 0. The molecule has 0 bridgehead atoms. The van der Waals surface area contributed by atoms with Gasteiger partial charge in [0.25, 0.3) is 0 Å². The van der Waals surface area contributed by atoms with E-state index < -0.39 is 0 Å². The number of rotatable bonds is 2. The summed E-state index contributed by atoms with van der Waals surface area (Å²) in [7, 11) is 0. The standard InChI is InChI=1S/C14H11BrO/c15-13-9-8-12(10-14(13)16)7-6-11-4-2-1-3-5-11/h1-10,16H. The number of aromatic hydroxyl groups is 1. The van der Waals surface area contributed by atoms with Crippen molar-refractivity contribution in [3.63, 3.8) is 0 Å². The Hall–Kier alpha value is -1.54. The average molecular weight is 275 g/mol. The molecule has 80 valence electrons. The van der Waals surface area contributed by atoms with E-state index in [2.05, 4.69) is 15.9 Å². The Kier molecular flexibility index (Phi) is 3.42. The minimum atomic E-state index is 0.259. The molecule has 1 nitrogen and oxygen atoms in total. The van der Waals surface area contributed by atoms with Crippen molar-refractivity contribution in [3.8, 4) is 5.75 Å². The molecule has 0 heterocycles. The molecule has 0 atom stereocenters. The fraction of sp³-hybridized carbons (Fsp3) is 0. The van der Waals surface area contributed by atoms with Crippen molar-refractivity contribution in [1.82, 2.24) is 0 Å². The lowest BCUT2D eigenvalue weighted by Crippen LogP contribution is -1.74. The van der Waals surface area contributed by atoms with Crippen LogP contribution < -0.4 is 0 Å². The number of hydrogen-bond acceptors (Lipinski definition) is 1. The van der Waals surface area contributed by atoms with Gasteiger partial charge < -0.3 is 5.11 Å². The predicted octanol–water partition coefficient (Wildman–Crippen LogP) is 4.33. The summed E-state index contributed by atoms with van der Waals surface area (Å²) in [6, 6.07) is 15.6. The van der Waals surface area contributed by atoms with E-state index in [4.69, 9.17) is 0 Å². The summed E-state index contributed by atoms with van der Waals surface area (Å²) in [6.07, 6.45) is 3.99. The second-order valence-electron chi connectivity index (χ2n) is 3.45. The average Bonchev–Trinajstić information content (AvgIpc) is 2.32. The first-order valence-electron chi connectivity index (χ1n) is 4.97. The highest BCUT2D eigenvalue weighted by molar-refractivity contribution is 9.10. The van der Waals surface area contributed by atoms with Crippen LogP contribution in [0.25, 0.3) is 12.2 Å². The zero-order valence-electron chi connectivity index (χ0n) is 8.60. The van der Waals surface area contributed by atoms with Crippen molar-refractivity contribution >= 4 is 28.1 Å². The van der Waals surface area contributed by atoms with Crippen LogP contribution in [0.2, 0.25) is 0 Å². The van der Waals surface area contributed by atoms with Gasteiger partial charge in [-0.25, -0.2) is 0 Å². The quantitative estimate of drug-likeness (QED) is 0.809. The first-order valence-corrected chi connectivity index (χ1v) is 5.76. The minimum absolute atomic E-state index is 0.259. The fourth-order valence-corrected chi connectivity index (χ4v) is 1.64. The fourth-order valence-electron chi connectivity index (χ4n) is 1.39. The molecular weight excluding hydrogens is 264 g/mol. The summed E-state index contributed by atoms with van der Waals surface area (Å²) in [5.74, 6) is 0.259. The molecule has 1 N–H and O–H groups in total. The zero-order chi connectivity index (χ0) is 11.4. The van der Waals surface area contributed by atoms with Gasteiger partial charge >= 0.3 is 0 Å². The van der Waals surface area contributed by atoms with Gasteiger partial charge in [0, 0.05) is 0 Å². The lowest BCUT2D eigenvalue weighted by Gasteiger charge is -1.98. The summed E-state index contributed by atoms with van der Waals surface area (Å²) in [5.41, 5.74) is 2.12. The molecule has 0 spiro atoms. The van der Waals surface area contributed by atoms with Gasteiger partial charge in [-0.15, -0.1) is 0 Å². The maximum Gasteiger partial charge on any atom is 0.130 e. The highest BCUT2D eigenvalue weighted by atomic mass is 79.9. The van der Waals surface area contributed by atoms with E-state index >= 15 is 0 Å². The normalized spacial score (nSPS) is 10.8. The van der Waals surface area contributed by atoms with Crippen LogP contribution in [0, 0.1) is 0 Å². The summed E-state index contributed by atoms with van der Waals surface area (Å²) in [5, 5.41) is 9.52. The van der Waals surface area contributed by atoms with Crippen LogP contribution in [0.5, 0.6) is 5.75 Å². The Morgan fingerprint density at radius 2 is 1.56 bits per heavy atom. The molecule has 0 aromatic heterocycles. The second-order valence-corrected chi connectivity index (χ2v) is 4.31. The molecule has 0 radical (unpaired) electrons. The van der Waals surface area contributed by atoms with Crippen molar-refractivity contribution in [2.24, 2.45) is 0 Å². The third kappa shape index (κ3) is 2.74. The molecule has 0 fully saturated rings. The molecule has 0 amide bonds. The van der Waals surface area contributed by atoms with Crippen molar-refractivity contribution in [1.29, 1.82) is 0 Å². The Balaban J connectivity index is 2.21. The highest BCUT2D eigenvalue weighted by Crippen LogP contribution is 2.25. The molecule has 0 unspecified atom stereocenters. The molecular formula is C14H11BrO. The van der Waals surface area contributed by atoms with Crippen LogP contribution in [0.1, 0.15) is 11.1 Å². The van der Waals surface area contributed by atoms with Gasteiger partial charge in [0.05, 0.1) is 4.47 Å². The van der Waals surface area contributed by atoms with Gasteiger partial charge in [-0.2, -0.15) is 0 Å². The van der Waals surface area contributed by atoms with Crippen molar-refractivity contribution in [3.05, 3.63) is 64.1 Å². The van der Waals surface area contributed by atoms with Crippen LogP contribution in [0.4, 0.5) is 0 Å². The van der Waals surface area contributed by atoms with Crippen molar-refractivity contribution in [2.75, 3.05) is 0 Å².